The van der Waals surface area contributed by atoms with E-state index in [1.807, 2.05) is 42.5 Å². The molecule has 3 aromatic carbocycles. The quantitative estimate of drug-likeness (QED) is 0.356. The van der Waals surface area contributed by atoms with Crippen LogP contribution in [0.4, 0.5) is 0 Å². The lowest BCUT2D eigenvalue weighted by atomic mass is 10.1. The molecule has 0 saturated carbocycles. The molecule has 0 fully saturated rings. The first kappa shape index (κ1) is 21.6. The Balaban J connectivity index is 1.69. The standard InChI is InChI=1S/C26H28N2O4/c1-5-18-10-12-20(13-11-18)32-15-14-28-22-9-7-6-8-21(22)27-26(28)19-16-23(29-2)25(31-4)24(17-19)30-3/h6-13,16-17H,5,14-15H2,1-4H3. The SMILES string of the molecule is CCc1ccc(OCCn2c(-c3cc(OC)c(OC)c(OC)c3)nc3ccccc32)cc1. The smallest absolute Gasteiger partial charge is 0.203 e. The molecule has 4 rings (SSSR count). The highest BCUT2D eigenvalue weighted by Crippen LogP contribution is 2.41. The van der Waals surface area contributed by atoms with Crippen molar-refractivity contribution in [3.8, 4) is 34.4 Å². The number of benzene rings is 3. The molecule has 6 heteroatoms. The fraction of sp³-hybridized carbons (Fsp3) is 0.269. The summed E-state index contributed by atoms with van der Waals surface area (Å²) >= 11 is 0. The Bertz CT molecular complexity index is 1170. The van der Waals surface area contributed by atoms with Crippen molar-refractivity contribution >= 4 is 11.0 Å². The van der Waals surface area contributed by atoms with Crippen LogP contribution in [-0.2, 0) is 13.0 Å². The number of aromatic nitrogens is 2. The molecule has 4 aromatic rings. The van der Waals surface area contributed by atoms with E-state index in [0.717, 1.165) is 34.6 Å². The first-order valence-electron chi connectivity index (χ1n) is 10.7. The third kappa shape index (κ3) is 4.21. The summed E-state index contributed by atoms with van der Waals surface area (Å²) in [5.74, 6) is 3.41. The average Bonchev–Trinajstić information content (AvgIpc) is 3.22. The minimum Gasteiger partial charge on any atom is -0.493 e. The molecule has 0 radical (unpaired) electrons. The van der Waals surface area contributed by atoms with Gasteiger partial charge in [-0.1, -0.05) is 31.2 Å². The highest BCUT2D eigenvalue weighted by molar-refractivity contribution is 5.81. The highest BCUT2D eigenvalue weighted by Gasteiger charge is 2.19. The summed E-state index contributed by atoms with van der Waals surface area (Å²) in [6.07, 6.45) is 1.01. The third-order valence-electron chi connectivity index (χ3n) is 5.49. The van der Waals surface area contributed by atoms with E-state index in [1.165, 1.54) is 5.56 Å². The van der Waals surface area contributed by atoms with Crippen LogP contribution < -0.4 is 18.9 Å². The van der Waals surface area contributed by atoms with Crippen molar-refractivity contribution in [3.63, 3.8) is 0 Å². The monoisotopic (exact) mass is 432 g/mol. The normalized spacial score (nSPS) is 10.9. The lowest BCUT2D eigenvalue weighted by Crippen LogP contribution is -2.09. The molecule has 32 heavy (non-hydrogen) atoms. The van der Waals surface area contributed by atoms with Gasteiger partial charge in [-0.2, -0.15) is 0 Å². The molecule has 0 saturated heterocycles. The zero-order chi connectivity index (χ0) is 22.5. The Hall–Kier alpha value is -3.67. The molecule has 6 nitrogen and oxygen atoms in total. The summed E-state index contributed by atoms with van der Waals surface area (Å²) in [4.78, 5) is 4.89. The number of methoxy groups -OCH3 is 3. The number of aryl methyl sites for hydroxylation is 1. The largest absolute Gasteiger partial charge is 0.493 e. The van der Waals surface area contributed by atoms with E-state index in [2.05, 4.69) is 29.7 Å². The van der Waals surface area contributed by atoms with Crippen LogP contribution in [0, 0.1) is 0 Å². The molecule has 0 bridgehead atoms. The molecule has 0 unspecified atom stereocenters. The van der Waals surface area contributed by atoms with Crippen molar-refractivity contribution in [2.24, 2.45) is 0 Å². The van der Waals surface area contributed by atoms with E-state index < -0.39 is 0 Å². The molecule has 0 aliphatic rings. The first-order chi connectivity index (χ1) is 15.7. The predicted molar refractivity (Wildman–Crippen MR) is 126 cm³/mol. The topological polar surface area (TPSA) is 54.7 Å². The Kier molecular flexibility index (Phi) is 6.50. The summed E-state index contributed by atoms with van der Waals surface area (Å²) in [7, 11) is 4.82. The van der Waals surface area contributed by atoms with Gasteiger partial charge in [0.25, 0.3) is 0 Å². The van der Waals surface area contributed by atoms with Crippen molar-refractivity contribution in [1.82, 2.24) is 9.55 Å². The predicted octanol–water partition coefficient (Wildman–Crippen LogP) is 5.37. The fourth-order valence-electron chi connectivity index (χ4n) is 3.81. The lowest BCUT2D eigenvalue weighted by molar-refractivity contribution is 0.300. The van der Waals surface area contributed by atoms with Crippen molar-refractivity contribution in [3.05, 3.63) is 66.2 Å². The minimum atomic E-state index is 0.517. The number of fused-ring (bicyclic) bond motifs is 1. The second-order valence-corrected chi connectivity index (χ2v) is 7.34. The molecular weight excluding hydrogens is 404 g/mol. The van der Waals surface area contributed by atoms with Gasteiger partial charge in [0.1, 0.15) is 18.2 Å². The Morgan fingerprint density at radius 3 is 2.16 bits per heavy atom. The molecule has 0 spiro atoms. The number of para-hydroxylation sites is 2. The van der Waals surface area contributed by atoms with E-state index in [9.17, 15) is 0 Å². The maximum Gasteiger partial charge on any atom is 0.203 e. The number of ether oxygens (including phenoxy) is 4. The van der Waals surface area contributed by atoms with Gasteiger partial charge in [0, 0.05) is 5.56 Å². The van der Waals surface area contributed by atoms with E-state index in [0.29, 0.717) is 30.4 Å². The van der Waals surface area contributed by atoms with Crippen molar-refractivity contribution in [2.75, 3.05) is 27.9 Å². The molecule has 1 heterocycles. The van der Waals surface area contributed by atoms with E-state index in [-0.39, 0.29) is 0 Å². The molecular formula is C26H28N2O4. The maximum absolute atomic E-state index is 6.03. The Morgan fingerprint density at radius 1 is 0.844 bits per heavy atom. The van der Waals surface area contributed by atoms with Gasteiger partial charge in [0.2, 0.25) is 5.75 Å². The van der Waals surface area contributed by atoms with E-state index in [4.69, 9.17) is 23.9 Å². The lowest BCUT2D eigenvalue weighted by Gasteiger charge is -2.15. The molecule has 1 aromatic heterocycles. The Morgan fingerprint density at radius 2 is 1.53 bits per heavy atom. The molecule has 0 N–H and O–H groups in total. The van der Waals surface area contributed by atoms with Gasteiger partial charge >= 0.3 is 0 Å². The summed E-state index contributed by atoms with van der Waals surface area (Å²) in [5, 5.41) is 0. The highest BCUT2D eigenvalue weighted by atomic mass is 16.5. The zero-order valence-corrected chi connectivity index (χ0v) is 18.9. The molecule has 0 aliphatic heterocycles. The third-order valence-corrected chi connectivity index (χ3v) is 5.49. The van der Waals surface area contributed by atoms with Crippen LogP contribution in [0.2, 0.25) is 0 Å². The number of nitrogens with zero attached hydrogens (tertiary/aromatic N) is 2. The average molecular weight is 433 g/mol. The van der Waals surface area contributed by atoms with Gasteiger partial charge in [0.05, 0.1) is 38.9 Å². The number of hydrogen-bond donors (Lipinski definition) is 0. The minimum absolute atomic E-state index is 0.517. The van der Waals surface area contributed by atoms with Gasteiger partial charge in [0.15, 0.2) is 11.5 Å². The van der Waals surface area contributed by atoms with Crippen molar-refractivity contribution in [1.29, 1.82) is 0 Å². The Labute approximate surface area is 188 Å². The first-order valence-corrected chi connectivity index (χ1v) is 10.7. The van der Waals surface area contributed by atoms with Crippen molar-refractivity contribution in [2.45, 2.75) is 19.9 Å². The van der Waals surface area contributed by atoms with Gasteiger partial charge in [-0.15, -0.1) is 0 Å². The van der Waals surface area contributed by atoms with Crippen LogP contribution >= 0.6 is 0 Å². The fourth-order valence-corrected chi connectivity index (χ4v) is 3.81. The van der Waals surface area contributed by atoms with Crippen LogP contribution in [0.1, 0.15) is 12.5 Å². The molecule has 0 atom stereocenters. The van der Waals surface area contributed by atoms with Gasteiger partial charge in [-0.25, -0.2) is 4.98 Å². The van der Waals surface area contributed by atoms with Crippen LogP contribution in [0.5, 0.6) is 23.0 Å². The maximum atomic E-state index is 6.03. The van der Waals surface area contributed by atoms with Crippen LogP contribution in [0.25, 0.3) is 22.4 Å². The van der Waals surface area contributed by atoms with Gasteiger partial charge in [-0.3, -0.25) is 0 Å². The zero-order valence-electron chi connectivity index (χ0n) is 18.9. The van der Waals surface area contributed by atoms with Crippen LogP contribution in [0.3, 0.4) is 0 Å². The summed E-state index contributed by atoms with van der Waals surface area (Å²) in [6, 6.07) is 20.2. The molecule has 0 amide bonds. The summed E-state index contributed by atoms with van der Waals surface area (Å²) < 4.78 is 24.8. The van der Waals surface area contributed by atoms with Gasteiger partial charge < -0.3 is 23.5 Å². The van der Waals surface area contributed by atoms with Crippen molar-refractivity contribution < 1.29 is 18.9 Å². The summed E-state index contributed by atoms with van der Waals surface area (Å²) in [5.41, 5.74) is 4.13. The van der Waals surface area contributed by atoms with Gasteiger partial charge in [-0.05, 0) is 48.4 Å². The molecule has 166 valence electrons. The number of hydrogen-bond acceptors (Lipinski definition) is 5. The number of imidazole rings is 1. The van der Waals surface area contributed by atoms with E-state index >= 15 is 0 Å². The number of rotatable bonds is 9. The summed E-state index contributed by atoms with van der Waals surface area (Å²) in [6.45, 7) is 3.30. The second kappa shape index (κ2) is 9.64. The second-order valence-electron chi connectivity index (χ2n) is 7.34. The van der Waals surface area contributed by atoms with E-state index in [1.54, 1.807) is 21.3 Å². The van der Waals surface area contributed by atoms with Crippen LogP contribution in [0.15, 0.2) is 60.7 Å². The molecule has 0 aliphatic carbocycles. The van der Waals surface area contributed by atoms with Crippen LogP contribution in [-0.4, -0.2) is 37.5 Å².